The molecular formula is C14H24N2O2S2. The lowest BCUT2D eigenvalue weighted by Crippen LogP contribution is -2.36. The number of nitrogens with one attached hydrogen (secondary N) is 2. The van der Waals surface area contributed by atoms with E-state index in [1.807, 2.05) is 13.2 Å². The van der Waals surface area contributed by atoms with Crippen LogP contribution in [0.4, 0.5) is 5.69 Å². The summed E-state index contributed by atoms with van der Waals surface area (Å²) in [5, 5.41) is 3.23. The molecule has 1 aromatic rings. The van der Waals surface area contributed by atoms with Crippen LogP contribution in [0.15, 0.2) is 29.2 Å². The van der Waals surface area contributed by atoms with Crippen LogP contribution in [-0.2, 0) is 10.0 Å². The van der Waals surface area contributed by atoms with Crippen molar-refractivity contribution in [1.29, 1.82) is 0 Å². The van der Waals surface area contributed by atoms with Crippen LogP contribution in [0.1, 0.15) is 26.7 Å². The van der Waals surface area contributed by atoms with Crippen molar-refractivity contribution >= 4 is 27.5 Å². The minimum atomic E-state index is -3.42. The van der Waals surface area contributed by atoms with Crippen molar-refractivity contribution in [2.24, 2.45) is 0 Å². The molecule has 20 heavy (non-hydrogen) atoms. The van der Waals surface area contributed by atoms with Crippen molar-refractivity contribution in [3.63, 3.8) is 0 Å². The number of benzene rings is 1. The molecule has 1 aromatic carbocycles. The normalized spacial score (nSPS) is 13.2. The predicted molar refractivity (Wildman–Crippen MR) is 88.0 cm³/mol. The summed E-state index contributed by atoms with van der Waals surface area (Å²) in [5.74, 6) is 0.784. The average Bonchev–Trinajstić information content (AvgIpc) is 2.45. The van der Waals surface area contributed by atoms with Crippen molar-refractivity contribution in [2.75, 3.05) is 23.9 Å². The van der Waals surface area contributed by atoms with E-state index in [1.54, 1.807) is 36.0 Å². The second-order valence-corrected chi connectivity index (χ2v) is 7.26. The Hall–Kier alpha value is -0.720. The Morgan fingerprint density at radius 2 is 1.85 bits per heavy atom. The molecule has 0 spiro atoms. The summed E-state index contributed by atoms with van der Waals surface area (Å²) in [6, 6.07) is 6.88. The van der Waals surface area contributed by atoms with Gasteiger partial charge in [-0.25, -0.2) is 13.1 Å². The first-order valence-corrected chi connectivity index (χ1v) is 9.76. The van der Waals surface area contributed by atoms with Gasteiger partial charge in [0.25, 0.3) is 0 Å². The van der Waals surface area contributed by atoms with Crippen molar-refractivity contribution in [3.8, 4) is 0 Å². The maximum absolute atomic E-state index is 12.3. The molecule has 0 aromatic heterocycles. The number of hydrogen-bond acceptors (Lipinski definition) is 4. The number of anilines is 1. The molecule has 0 heterocycles. The summed E-state index contributed by atoms with van der Waals surface area (Å²) in [5.41, 5.74) is 0.946. The Morgan fingerprint density at radius 1 is 1.20 bits per heavy atom. The highest BCUT2D eigenvalue weighted by Crippen LogP contribution is 2.15. The van der Waals surface area contributed by atoms with Gasteiger partial charge in [-0.2, -0.15) is 11.8 Å². The number of thioether (sulfide) groups is 1. The van der Waals surface area contributed by atoms with E-state index in [0.29, 0.717) is 4.90 Å². The highest BCUT2D eigenvalue weighted by molar-refractivity contribution is 7.98. The monoisotopic (exact) mass is 316 g/mol. The van der Waals surface area contributed by atoms with E-state index in [9.17, 15) is 8.42 Å². The fourth-order valence-electron chi connectivity index (χ4n) is 1.75. The smallest absolute Gasteiger partial charge is 0.240 e. The van der Waals surface area contributed by atoms with E-state index < -0.39 is 10.0 Å². The van der Waals surface area contributed by atoms with Gasteiger partial charge in [-0.05, 0) is 43.4 Å². The molecule has 1 unspecified atom stereocenters. The predicted octanol–water partition coefficient (Wildman–Crippen LogP) is 2.93. The third kappa shape index (κ3) is 5.34. The zero-order valence-corrected chi connectivity index (χ0v) is 14.0. The number of sulfonamides is 1. The molecular weight excluding hydrogens is 292 g/mol. The summed E-state index contributed by atoms with van der Waals surface area (Å²) < 4.78 is 27.3. The Kier molecular flexibility index (Phi) is 7.40. The van der Waals surface area contributed by atoms with E-state index in [1.165, 1.54) is 0 Å². The van der Waals surface area contributed by atoms with Gasteiger partial charge in [-0.15, -0.1) is 0 Å². The van der Waals surface area contributed by atoms with Crippen LogP contribution in [0.3, 0.4) is 0 Å². The van der Waals surface area contributed by atoms with Crippen molar-refractivity contribution in [2.45, 2.75) is 37.6 Å². The maximum Gasteiger partial charge on any atom is 0.240 e. The fourth-order valence-corrected chi connectivity index (χ4v) is 3.89. The lowest BCUT2D eigenvalue weighted by atomic mass is 10.3. The van der Waals surface area contributed by atoms with Gasteiger partial charge in [0.05, 0.1) is 4.90 Å². The maximum atomic E-state index is 12.3. The lowest BCUT2D eigenvalue weighted by molar-refractivity contribution is 0.558. The minimum absolute atomic E-state index is 0.0205. The molecule has 0 bridgehead atoms. The minimum Gasteiger partial charge on any atom is -0.385 e. The molecule has 0 radical (unpaired) electrons. The number of rotatable bonds is 9. The van der Waals surface area contributed by atoms with Crippen LogP contribution >= 0.6 is 11.8 Å². The molecule has 1 atom stereocenters. The SMILES string of the molecule is CCCNc1ccc(S(=O)(=O)NC(CC)CSC)cc1. The molecule has 0 aliphatic rings. The van der Waals surface area contributed by atoms with Crippen LogP contribution in [0.25, 0.3) is 0 Å². The third-order valence-electron chi connectivity index (χ3n) is 2.93. The molecule has 0 amide bonds. The lowest BCUT2D eigenvalue weighted by Gasteiger charge is -2.16. The second-order valence-electron chi connectivity index (χ2n) is 4.63. The van der Waals surface area contributed by atoms with Gasteiger partial charge < -0.3 is 5.32 Å². The van der Waals surface area contributed by atoms with Gasteiger partial charge >= 0.3 is 0 Å². The molecule has 0 aliphatic carbocycles. The molecule has 4 nitrogen and oxygen atoms in total. The van der Waals surface area contributed by atoms with Crippen molar-refractivity contribution in [3.05, 3.63) is 24.3 Å². The molecule has 1 rings (SSSR count). The Labute approximate surface area is 126 Å². The first-order chi connectivity index (χ1) is 9.53. The van der Waals surface area contributed by atoms with E-state index in [4.69, 9.17) is 0 Å². The fraction of sp³-hybridized carbons (Fsp3) is 0.571. The molecule has 114 valence electrons. The van der Waals surface area contributed by atoms with Gasteiger partial charge in [-0.1, -0.05) is 13.8 Å². The van der Waals surface area contributed by atoms with E-state index in [-0.39, 0.29) is 6.04 Å². The van der Waals surface area contributed by atoms with Crippen molar-refractivity contribution in [1.82, 2.24) is 4.72 Å². The molecule has 0 saturated carbocycles. The molecule has 2 N–H and O–H groups in total. The molecule has 0 aliphatic heterocycles. The molecule has 0 saturated heterocycles. The van der Waals surface area contributed by atoms with Gasteiger partial charge in [0.2, 0.25) is 10.0 Å². The van der Waals surface area contributed by atoms with Crippen molar-refractivity contribution < 1.29 is 8.42 Å². The van der Waals surface area contributed by atoms with Crippen LogP contribution in [-0.4, -0.2) is 33.0 Å². The first kappa shape index (κ1) is 17.3. The summed E-state index contributed by atoms with van der Waals surface area (Å²) in [6.45, 7) is 4.96. The summed E-state index contributed by atoms with van der Waals surface area (Å²) in [7, 11) is -3.42. The Balaban J connectivity index is 2.76. The largest absolute Gasteiger partial charge is 0.385 e. The second kappa shape index (κ2) is 8.54. The van der Waals surface area contributed by atoms with E-state index in [0.717, 1.165) is 30.8 Å². The standard InChI is InChI=1S/C14H24N2O2S2/c1-4-10-15-13-6-8-14(9-7-13)20(17,18)16-12(5-2)11-19-3/h6-9,12,15-16H,4-5,10-11H2,1-3H3. The zero-order valence-electron chi connectivity index (χ0n) is 12.3. The van der Waals surface area contributed by atoms with Crippen LogP contribution in [0.5, 0.6) is 0 Å². The number of hydrogen-bond donors (Lipinski definition) is 2. The molecule has 6 heteroatoms. The van der Waals surface area contributed by atoms with Crippen LogP contribution in [0, 0.1) is 0 Å². The highest BCUT2D eigenvalue weighted by Gasteiger charge is 2.18. The van der Waals surface area contributed by atoms with Crippen LogP contribution < -0.4 is 10.0 Å². The first-order valence-electron chi connectivity index (χ1n) is 6.88. The van der Waals surface area contributed by atoms with E-state index >= 15 is 0 Å². The summed E-state index contributed by atoms with van der Waals surface area (Å²) in [4.78, 5) is 0.319. The summed E-state index contributed by atoms with van der Waals surface area (Å²) in [6.07, 6.45) is 3.80. The van der Waals surface area contributed by atoms with Gasteiger partial charge in [0.15, 0.2) is 0 Å². The molecule has 0 fully saturated rings. The van der Waals surface area contributed by atoms with Gasteiger partial charge in [0, 0.05) is 24.0 Å². The Bertz CT molecular complexity index is 486. The quantitative estimate of drug-likeness (QED) is 0.735. The Morgan fingerprint density at radius 3 is 2.35 bits per heavy atom. The highest BCUT2D eigenvalue weighted by atomic mass is 32.2. The summed E-state index contributed by atoms with van der Waals surface area (Å²) >= 11 is 1.64. The third-order valence-corrected chi connectivity index (χ3v) is 5.20. The zero-order chi connectivity index (χ0) is 15.0. The van der Waals surface area contributed by atoms with Gasteiger partial charge in [-0.3, -0.25) is 0 Å². The average molecular weight is 316 g/mol. The van der Waals surface area contributed by atoms with E-state index in [2.05, 4.69) is 17.0 Å². The topological polar surface area (TPSA) is 58.2 Å². The van der Waals surface area contributed by atoms with Crippen LogP contribution in [0.2, 0.25) is 0 Å². The van der Waals surface area contributed by atoms with Gasteiger partial charge in [0.1, 0.15) is 0 Å².